The van der Waals surface area contributed by atoms with Crippen LogP contribution >= 0.6 is 0 Å². The van der Waals surface area contributed by atoms with Crippen molar-refractivity contribution in [2.75, 3.05) is 0 Å². The summed E-state index contributed by atoms with van der Waals surface area (Å²) in [4.78, 5) is 1.43. The van der Waals surface area contributed by atoms with Crippen molar-refractivity contribution in [2.24, 2.45) is 12.8 Å². The van der Waals surface area contributed by atoms with Gasteiger partial charge in [0.05, 0.1) is 18.8 Å². The highest BCUT2D eigenvalue weighted by Crippen LogP contribution is 2.19. The van der Waals surface area contributed by atoms with Gasteiger partial charge in [-0.2, -0.15) is 9.90 Å². The Hall–Kier alpha value is -2.28. The van der Waals surface area contributed by atoms with Crippen molar-refractivity contribution in [1.29, 1.82) is 0 Å². The lowest BCUT2D eigenvalue weighted by Crippen LogP contribution is -2.14. The van der Waals surface area contributed by atoms with Gasteiger partial charge in [0.15, 0.2) is 5.82 Å². The number of aryl methyl sites for hydroxylation is 1. The molecule has 0 saturated heterocycles. The predicted molar refractivity (Wildman–Crippen MR) is 64.6 cm³/mol. The Bertz CT molecular complexity index is 669. The van der Waals surface area contributed by atoms with E-state index in [1.165, 1.54) is 4.80 Å². The van der Waals surface area contributed by atoms with Gasteiger partial charge in [0.1, 0.15) is 0 Å². The van der Waals surface area contributed by atoms with Gasteiger partial charge in [-0.1, -0.05) is 6.07 Å². The van der Waals surface area contributed by atoms with Gasteiger partial charge in [0.25, 0.3) is 0 Å². The first-order valence-electron chi connectivity index (χ1n) is 5.65. The Morgan fingerprint density at radius 3 is 3.06 bits per heavy atom. The lowest BCUT2D eigenvalue weighted by atomic mass is 10.1. The summed E-state index contributed by atoms with van der Waals surface area (Å²) in [5, 5.41) is 16.1. The van der Waals surface area contributed by atoms with E-state index in [-0.39, 0.29) is 6.04 Å². The van der Waals surface area contributed by atoms with Crippen molar-refractivity contribution < 1.29 is 0 Å². The van der Waals surface area contributed by atoms with Crippen molar-refractivity contribution in [1.82, 2.24) is 29.8 Å². The van der Waals surface area contributed by atoms with Crippen LogP contribution in [0.1, 0.15) is 17.4 Å². The fourth-order valence-electron chi connectivity index (χ4n) is 1.95. The second-order valence-corrected chi connectivity index (χ2v) is 4.14. The van der Waals surface area contributed by atoms with E-state index in [2.05, 4.69) is 20.5 Å². The quantitative estimate of drug-likeness (QED) is 0.705. The second-order valence-electron chi connectivity index (χ2n) is 4.14. The zero-order valence-corrected chi connectivity index (χ0v) is 9.93. The number of fused-ring (bicyclic) bond motifs is 1. The molecule has 0 aliphatic rings. The summed E-state index contributed by atoms with van der Waals surface area (Å²) >= 11 is 0. The molecule has 0 amide bonds. The molecule has 7 heteroatoms. The SMILES string of the molecule is Cn1nnc(CC(N)c2cnn3ccccc23)n1. The maximum atomic E-state index is 6.18. The van der Waals surface area contributed by atoms with Gasteiger partial charge in [-0.3, -0.25) is 0 Å². The Labute approximate surface area is 103 Å². The Balaban J connectivity index is 1.90. The Morgan fingerprint density at radius 1 is 1.39 bits per heavy atom. The molecule has 0 aliphatic heterocycles. The van der Waals surface area contributed by atoms with Crippen LogP contribution in [-0.2, 0) is 13.5 Å². The summed E-state index contributed by atoms with van der Waals surface area (Å²) in [5.41, 5.74) is 8.17. The van der Waals surface area contributed by atoms with E-state index >= 15 is 0 Å². The predicted octanol–water partition coefficient (Wildman–Crippen LogP) is 0.100. The third-order valence-corrected chi connectivity index (χ3v) is 2.81. The first-order chi connectivity index (χ1) is 8.74. The highest BCUT2D eigenvalue weighted by molar-refractivity contribution is 5.54. The molecule has 2 N–H and O–H groups in total. The average molecular weight is 243 g/mol. The van der Waals surface area contributed by atoms with Gasteiger partial charge in [-0.15, -0.1) is 10.2 Å². The molecule has 3 aromatic rings. The molecule has 0 fully saturated rings. The fraction of sp³-hybridized carbons (Fsp3) is 0.273. The van der Waals surface area contributed by atoms with Crippen LogP contribution in [0.25, 0.3) is 5.52 Å². The highest BCUT2D eigenvalue weighted by Gasteiger charge is 2.15. The molecular formula is C11H13N7. The van der Waals surface area contributed by atoms with Gasteiger partial charge in [-0.25, -0.2) is 4.52 Å². The molecule has 0 aliphatic carbocycles. The first-order valence-corrected chi connectivity index (χ1v) is 5.65. The van der Waals surface area contributed by atoms with Gasteiger partial charge in [0.2, 0.25) is 0 Å². The van der Waals surface area contributed by atoms with Crippen LogP contribution in [0.5, 0.6) is 0 Å². The van der Waals surface area contributed by atoms with E-state index in [1.807, 2.05) is 24.4 Å². The molecule has 0 aromatic carbocycles. The highest BCUT2D eigenvalue weighted by atomic mass is 15.6. The molecule has 1 unspecified atom stereocenters. The number of pyridine rings is 1. The second kappa shape index (κ2) is 4.19. The molecule has 0 bridgehead atoms. The molecule has 0 radical (unpaired) electrons. The molecule has 3 rings (SSSR count). The van der Waals surface area contributed by atoms with E-state index in [4.69, 9.17) is 5.73 Å². The molecule has 0 spiro atoms. The lowest BCUT2D eigenvalue weighted by Gasteiger charge is -2.07. The number of rotatable bonds is 3. The third-order valence-electron chi connectivity index (χ3n) is 2.81. The minimum atomic E-state index is -0.186. The van der Waals surface area contributed by atoms with E-state index < -0.39 is 0 Å². The summed E-state index contributed by atoms with van der Waals surface area (Å²) in [5.74, 6) is 0.639. The number of nitrogens with zero attached hydrogens (tertiary/aromatic N) is 6. The van der Waals surface area contributed by atoms with Crippen molar-refractivity contribution in [3.05, 3.63) is 42.0 Å². The van der Waals surface area contributed by atoms with Crippen LogP contribution in [0.2, 0.25) is 0 Å². The molecule has 18 heavy (non-hydrogen) atoms. The summed E-state index contributed by atoms with van der Waals surface area (Å²) in [6.45, 7) is 0. The molecule has 92 valence electrons. The summed E-state index contributed by atoms with van der Waals surface area (Å²) in [6, 6.07) is 5.70. The number of aromatic nitrogens is 6. The summed E-state index contributed by atoms with van der Waals surface area (Å²) < 4.78 is 1.80. The fourth-order valence-corrected chi connectivity index (χ4v) is 1.95. The third kappa shape index (κ3) is 1.84. The number of hydrogen-bond acceptors (Lipinski definition) is 5. The number of hydrogen-bond donors (Lipinski definition) is 1. The maximum absolute atomic E-state index is 6.18. The van der Waals surface area contributed by atoms with Crippen LogP contribution in [0.3, 0.4) is 0 Å². The standard InChI is InChI=1S/C11H13N7/c1-17-15-11(14-16-17)6-9(12)8-7-13-18-5-3-2-4-10(8)18/h2-5,7,9H,6,12H2,1H3. The minimum Gasteiger partial charge on any atom is -0.323 e. The monoisotopic (exact) mass is 243 g/mol. The van der Waals surface area contributed by atoms with E-state index in [1.54, 1.807) is 17.8 Å². The van der Waals surface area contributed by atoms with Gasteiger partial charge in [0, 0.05) is 24.2 Å². The van der Waals surface area contributed by atoms with Crippen LogP contribution in [0.4, 0.5) is 0 Å². The molecule has 7 nitrogen and oxygen atoms in total. The zero-order valence-electron chi connectivity index (χ0n) is 9.93. The van der Waals surface area contributed by atoms with E-state index in [0.29, 0.717) is 12.2 Å². The minimum absolute atomic E-state index is 0.186. The van der Waals surface area contributed by atoms with Crippen molar-refractivity contribution >= 4 is 5.52 Å². The molecule has 0 saturated carbocycles. The number of tetrazole rings is 1. The first kappa shape index (κ1) is 10.8. The molecular weight excluding hydrogens is 230 g/mol. The van der Waals surface area contributed by atoms with Crippen molar-refractivity contribution in [3.63, 3.8) is 0 Å². The van der Waals surface area contributed by atoms with Crippen molar-refractivity contribution in [2.45, 2.75) is 12.5 Å². The van der Waals surface area contributed by atoms with Gasteiger partial charge in [-0.05, 0) is 17.3 Å². The number of nitrogens with two attached hydrogens (primary N) is 1. The summed E-state index contributed by atoms with van der Waals surface area (Å²) in [6.07, 6.45) is 4.23. The molecule has 3 aromatic heterocycles. The largest absolute Gasteiger partial charge is 0.323 e. The van der Waals surface area contributed by atoms with Gasteiger partial charge < -0.3 is 5.73 Å². The summed E-state index contributed by atoms with van der Waals surface area (Å²) in [7, 11) is 1.73. The maximum Gasteiger partial charge on any atom is 0.176 e. The van der Waals surface area contributed by atoms with Crippen molar-refractivity contribution in [3.8, 4) is 0 Å². The average Bonchev–Trinajstić information content (AvgIpc) is 2.95. The van der Waals surface area contributed by atoms with Crippen LogP contribution in [0.15, 0.2) is 30.6 Å². The smallest absolute Gasteiger partial charge is 0.176 e. The normalized spacial score (nSPS) is 13.0. The lowest BCUT2D eigenvalue weighted by molar-refractivity contribution is 0.623. The molecule has 3 heterocycles. The zero-order chi connectivity index (χ0) is 12.5. The van der Waals surface area contributed by atoms with E-state index in [0.717, 1.165) is 11.1 Å². The van der Waals surface area contributed by atoms with E-state index in [9.17, 15) is 0 Å². The Morgan fingerprint density at radius 2 is 2.28 bits per heavy atom. The topological polar surface area (TPSA) is 86.9 Å². The van der Waals surface area contributed by atoms with Crippen LogP contribution in [-0.4, -0.2) is 29.8 Å². The Kier molecular flexibility index (Phi) is 2.52. The van der Waals surface area contributed by atoms with Crippen LogP contribution in [0, 0.1) is 0 Å². The molecule has 1 atom stereocenters. The van der Waals surface area contributed by atoms with Crippen LogP contribution < -0.4 is 5.73 Å². The van der Waals surface area contributed by atoms with Gasteiger partial charge >= 0.3 is 0 Å².